The lowest BCUT2D eigenvalue weighted by Gasteiger charge is -2.09. The summed E-state index contributed by atoms with van der Waals surface area (Å²) in [5.74, 6) is 0.910. The van der Waals surface area contributed by atoms with Crippen molar-refractivity contribution in [2.45, 2.75) is 13.0 Å². The zero-order valence-electron chi connectivity index (χ0n) is 10.1. The zero-order valence-corrected chi connectivity index (χ0v) is 11.7. The van der Waals surface area contributed by atoms with Crippen LogP contribution in [0.25, 0.3) is 0 Å². The van der Waals surface area contributed by atoms with Crippen LogP contribution in [0.3, 0.4) is 0 Å². The minimum Gasteiger partial charge on any atom is -0.330 e. The van der Waals surface area contributed by atoms with Gasteiger partial charge in [0.25, 0.3) is 5.69 Å². The molecule has 19 heavy (non-hydrogen) atoms. The van der Waals surface area contributed by atoms with Crippen LogP contribution in [0.4, 0.5) is 5.69 Å². The molecule has 0 spiro atoms. The van der Waals surface area contributed by atoms with Gasteiger partial charge in [-0.15, -0.1) is 0 Å². The predicted octanol–water partition coefficient (Wildman–Crippen LogP) is 2.10. The maximum Gasteiger partial charge on any atom is 0.270 e. The van der Waals surface area contributed by atoms with Crippen LogP contribution in [-0.4, -0.2) is 21.0 Å². The Labute approximate surface area is 118 Å². The Morgan fingerprint density at radius 2 is 2.26 bits per heavy atom. The molecule has 1 heterocycles. The lowest BCUT2D eigenvalue weighted by Crippen LogP contribution is -2.10. The van der Waals surface area contributed by atoms with E-state index in [1.165, 1.54) is 12.1 Å². The van der Waals surface area contributed by atoms with Crippen LogP contribution in [0.15, 0.2) is 35.1 Å². The number of rotatable bonds is 5. The maximum absolute atomic E-state index is 10.7. The SMILES string of the molecule is NCCc1nccn1Cc1ccc([N+](=O)[O-])cc1Br. The standard InChI is InChI=1S/C12H13BrN4O2/c13-11-7-10(17(18)19)2-1-9(11)8-16-6-5-15-12(16)3-4-14/h1-2,5-7H,3-4,8,14H2. The molecule has 1 aromatic heterocycles. The summed E-state index contributed by atoms with van der Waals surface area (Å²) in [6.45, 7) is 1.15. The molecule has 0 atom stereocenters. The highest BCUT2D eigenvalue weighted by Gasteiger charge is 2.10. The molecular formula is C12H13BrN4O2. The molecule has 0 radical (unpaired) electrons. The van der Waals surface area contributed by atoms with E-state index in [2.05, 4.69) is 20.9 Å². The number of non-ortho nitro benzene ring substituents is 1. The molecule has 7 heteroatoms. The molecule has 0 aliphatic rings. The maximum atomic E-state index is 10.7. The van der Waals surface area contributed by atoms with Gasteiger partial charge in [0.2, 0.25) is 0 Å². The Morgan fingerprint density at radius 3 is 2.89 bits per heavy atom. The number of halogens is 1. The fourth-order valence-corrected chi connectivity index (χ4v) is 2.29. The van der Waals surface area contributed by atoms with E-state index < -0.39 is 4.92 Å². The van der Waals surface area contributed by atoms with E-state index in [0.717, 1.165) is 11.4 Å². The minimum atomic E-state index is -0.411. The van der Waals surface area contributed by atoms with E-state index >= 15 is 0 Å². The number of imidazole rings is 1. The number of nitrogens with zero attached hydrogens (tertiary/aromatic N) is 3. The third-order valence-electron chi connectivity index (χ3n) is 2.76. The lowest BCUT2D eigenvalue weighted by molar-refractivity contribution is -0.384. The highest BCUT2D eigenvalue weighted by atomic mass is 79.9. The summed E-state index contributed by atoms with van der Waals surface area (Å²) in [4.78, 5) is 14.5. The van der Waals surface area contributed by atoms with Crippen molar-refractivity contribution in [2.75, 3.05) is 6.54 Å². The van der Waals surface area contributed by atoms with Gasteiger partial charge in [0.05, 0.1) is 4.92 Å². The van der Waals surface area contributed by atoms with Gasteiger partial charge in [0.15, 0.2) is 0 Å². The van der Waals surface area contributed by atoms with Gasteiger partial charge in [-0.25, -0.2) is 4.98 Å². The van der Waals surface area contributed by atoms with Gasteiger partial charge < -0.3 is 10.3 Å². The number of nitro benzene ring substituents is 1. The summed E-state index contributed by atoms with van der Waals surface area (Å²) in [6, 6.07) is 4.75. The van der Waals surface area contributed by atoms with Crippen molar-refractivity contribution < 1.29 is 4.92 Å². The largest absolute Gasteiger partial charge is 0.330 e. The van der Waals surface area contributed by atoms with Gasteiger partial charge in [-0.05, 0) is 18.2 Å². The van der Waals surface area contributed by atoms with Crippen molar-refractivity contribution in [3.63, 3.8) is 0 Å². The number of nitro groups is 1. The van der Waals surface area contributed by atoms with Crippen LogP contribution in [0.5, 0.6) is 0 Å². The molecule has 2 aromatic rings. The highest BCUT2D eigenvalue weighted by Crippen LogP contribution is 2.24. The van der Waals surface area contributed by atoms with Crippen LogP contribution in [0, 0.1) is 10.1 Å². The molecule has 1 aromatic carbocycles. The van der Waals surface area contributed by atoms with E-state index in [-0.39, 0.29) is 5.69 Å². The number of benzene rings is 1. The van der Waals surface area contributed by atoms with E-state index in [9.17, 15) is 10.1 Å². The Balaban J connectivity index is 2.23. The molecule has 100 valence electrons. The molecule has 6 nitrogen and oxygen atoms in total. The van der Waals surface area contributed by atoms with E-state index in [0.29, 0.717) is 24.0 Å². The second-order valence-corrected chi connectivity index (χ2v) is 4.90. The zero-order chi connectivity index (χ0) is 13.8. The molecule has 2 N–H and O–H groups in total. The molecule has 0 saturated heterocycles. The molecule has 0 bridgehead atoms. The van der Waals surface area contributed by atoms with Crippen molar-refractivity contribution in [3.05, 3.63) is 56.6 Å². The lowest BCUT2D eigenvalue weighted by atomic mass is 10.2. The Kier molecular flexibility index (Phi) is 4.28. The fourth-order valence-electron chi connectivity index (χ4n) is 1.80. The fraction of sp³-hybridized carbons (Fsp3) is 0.250. The number of nitrogens with two attached hydrogens (primary N) is 1. The highest BCUT2D eigenvalue weighted by molar-refractivity contribution is 9.10. The minimum absolute atomic E-state index is 0.0726. The summed E-state index contributed by atoms with van der Waals surface area (Å²) in [7, 11) is 0. The van der Waals surface area contributed by atoms with Gasteiger partial charge in [-0.3, -0.25) is 10.1 Å². The summed E-state index contributed by atoms with van der Waals surface area (Å²) in [5, 5.41) is 10.7. The normalized spacial score (nSPS) is 10.6. The molecule has 0 amide bonds. The monoisotopic (exact) mass is 324 g/mol. The average Bonchev–Trinajstić information content (AvgIpc) is 2.79. The first-order valence-electron chi connectivity index (χ1n) is 5.74. The number of hydrogen-bond donors (Lipinski definition) is 1. The van der Waals surface area contributed by atoms with Crippen molar-refractivity contribution in [2.24, 2.45) is 5.73 Å². The van der Waals surface area contributed by atoms with Gasteiger partial charge in [-0.1, -0.05) is 15.9 Å². The average molecular weight is 325 g/mol. The summed E-state index contributed by atoms with van der Waals surface area (Å²) < 4.78 is 2.70. The Morgan fingerprint density at radius 1 is 1.47 bits per heavy atom. The molecule has 0 aliphatic carbocycles. The summed E-state index contributed by atoms with van der Waals surface area (Å²) in [6.07, 6.45) is 4.31. The first-order valence-corrected chi connectivity index (χ1v) is 6.54. The molecule has 0 aliphatic heterocycles. The van der Waals surface area contributed by atoms with Crippen molar-refractivity contribution in [1.29, 1.82) is 0 Å². The van der Waals surface area contributed by atoms with Gasteiger partial charge in [0, 0.05) is 42.0 Å². The molecular weight excluding hydrogens is 312 g/mol. The van der Waals surface area contributed by atoms with Crippen LogP contribution in [0.2, 0.25) is 0 Å². The van der Waals surface area contributed by atoms with Crippen molar-refractivity contribution in [1.82, 2.24) is 9.55 Å². The second-order valence-electron chi connectivity index (χ2n) is 4.04. The van der Waals surface area contributed by atoms with Crippen LogP contribution >= 0.6 is 15.9 Å². The smallest absolute Gasteiger partial charge is 0.270 e. The van der Waals surface area contributed by atoms with Gasteiger partial charge in [0.1, 0.15) is 5.82 Å². The third kappa shape index (κ3) is 3.18. The van der Waals surface area contributed by atoms with Crippen molar-refractivity contribution >= 4 is 21.6 Å². The van der Waals surface area contributed by atoms with E-state index in [1.54, 1.807) is 12.3 Å². The predicted molar refractivity (Wildman–Crippen MR) is 74.9 cm³/mol. The van der Waals surface area contributed by atoms with E-state index in [1.807, 2.05) is 10.8 Å². The molecule has 0 saturated carbocycles. The molecule has 2 rings (SSSR count). The van der Waals surface area contributed by atoms with Gasteiger partial charge >= 0.3 is 0 Å². The second kappa shape index (κ2) is 5.94. The van der Waals surface area contributed by atoms with Crippen LogP contribution in [0.1, 0.15) is 11.4 Å². The quantitative estimate of drug-likeness (QED) is 0.674. The third-order valence-corrected chi connectivity index (χ3v) is 3.50. The van der Waals surface area contributed by atoms with Gasteiger partial charge in [-0.2, -0.15) is 0 Å². The Bertz CT molecular complexity index is 597. The summed E-state index contributed by atoms with van der Waals surface area (Å²) >= 11 is 3.36. The summed E-state index contributed by atoms with van der Waals surface area (Å²) in [5.41, 5.74) is 6.56. The van der Waals surface area contributed by atoms with Crippen molar-refractivity contribution in [3.8, 4) is 0 Å². The number of aromatic nitrogens is 2. The molecule has 0 fully saturated rings. The van der Waals surface area contributed by atoms with E-state index in [4.69, 9.17) is 5.73 Å². The van der Waals surface area contributed by atoms with Crippen LogP contribution < -0.4 is 5.73 Å². The Hall–Kier alpha value is -1.73. The van der Waals surface area contributed by atoms with Crippen LogP contribution in [-0.2, 0) is 13.0 Å². The topological polar surface area (TPSA) is 87.0 Å². The first kappa shape index (κ1) is 13.7. The number of hydrogen-bond acceptors (Lipinski definition) is 4. The molecule has 0 unspecified atom stereocenters. The first-order chi connectivity index (χ1) is 9.11.